The molecule has 1 aliphatic heterocycles. The van der Waals surface area contributed by atoms with Gasteiger partial charge in [-0.3, -0.25) is 0 Å². The third-order valence-electron chi connectivity index (χ3n) is 4.68. The van der Waals surface area contributed by atoms with Gasteiger partial charge in [0.2, 0.25) is 0 Å². The Morgan fingerprint density at radius 2 is 1.53 bits per heavy atom. The number of nitrogens with zero attached hydrogens (tertiary/aromatic N) is 3. The SMILES string of the molecule is CC.CC.CCCCCC.CCSc1cc(C2N=NNN2C)cc(C)c1-c1ccccc1. The van der Waals surface area contributed by atoms with E-state index >= 15 is 0 Å². The number of thioether (sulfide) groups is 1. The first-order valence-electron chi connectivity index (χ1n) is 12.3. The Labute approximate surface area is 202 Å². The molecule has 0 bridgehead atoms. The predicted molar refractivity (Wildman–Crippen MR) is 144 cm³/mol. The number of aryl methyl sites for hydroxylation is 1. The van der Waals surface area contributed by atoms with Crippen molar-refractivity contribution in [2.24, 2.45) is 10.3 Å². The Kier molecular flexibility index (Phi) is 17.6. The van der Waals surface area contributed by atoms with E-state index in [4.69, 9.17) is 0 Å². The van der Waals surface area contributed by atoms with E-state index in [0.29, 0.717) is 0 Å². The number of nitrogens with one attached hydrogen (secondary N) is 1. The van der Waals surface area contributed by atoms with Gasteiger partial charge in [0.15, 0.2) is 6.17 Å². The summed E-state index contributed by atoms with van der Waals surface area (Å²) in [6.45, 7) is 16.8. The highest BCUT2D eigenvalue weighted by Gasteiger charge is 2.23. The van der Waals surface area contributed by atoms with Crippen LogP contribution < -0.4 is 5.53 Å². The molecule has 3 rings (SSSR count). The van der Waals surface area contributed by atoms with Gasteiger partial charge in [0.25, 0.3) is 0 Å². The van der Waals surface area contributed by atoms with Crippen LogP contribution in [-0.2, 0) is 0 Å². The zero-order valence-corrected chi connectivity index (χ0v) is 22.7. The van der Waals surface area contributed by atoms with Crippen LogP contribution >= 0.6 is 11.8 Å². The molecule has 1 heterocycles. The van der Waals surface area contributed by atoms with Crippen molar-refractivity contribution in [3.63, 3.8) is 0 Å². The van der Waals surface area contributed by atoms with E-state index in [-0.39, 0.29) is 6.17 Å². The monoisotopic (exact) mass is 458 g/mol. The molecule has 1 aliphatic rings. The van der Waals surface area contributed by atoms with Crippen molar-refractivity contribution in [3.05, 3.63) is 53.6 Å². The van der Waals surface area contributed by atoms with Gasteiger partial charge < -0.3 is 0 Å². The lowest BCUT2D eigenvalue weighted by molar-refractivity contribution is 0.222. The highest BCUT2D eigenvalue weighted by atomic mass is 32.2. The van der Waals surface area contributed by atoms with Crippen LogP contribution in [0.4, 0.5) is 0 Å². The van der Waals surface area contributed by atoms with E-state index < -0.39 is 0 Å². The topological polar surface area (TPSA) is 40.0 Å². The summed E-state index contributed by atoms with van der Waals surface area (Å²) in [6, 6.07) is 15.0. The summed E-state index contributed by atoms with van der Waals surface area (Å²) >= 11 is 1.87. The van der Waals surface area contributed by atoms with Gasteiger partial charge in [0.05, 0.1) is 0 Å². The molecule has 0 fully saturated rings. The molecule has 0 saturated heterocycles. The van der Waals surface area contributed by atoms with Crippen molar-refractivity contribution < 1.29 is 0 Å². The van der Waals surface area contributed by atoms with Gasteiger partial charge in [-0.1, -0.05) is 116 Å². The summed E-state index contributed by atoms with van der Waals surface area (Å²) in [4.78, 5) is 1.30. The second-order valence-electron chi connectivity index (χ2n) is 7.02. The molecule has 1 atom stereocenters. The summed E-state index contributed by atoms with van der Waals surface area (Å²) in [6.07, 6.45) is 5.48. The first kappa shape index (κ1) is 30.1. The lowest BCUT2D eigenvalue weighted by atomic mass is 9.97. The highest BCUT2D eigenvalue weighted by Crippen LogP contribution is 2.38. The van der Waals surface area contributed by atoms with Crippen LogP contribution in [-0.4, -0.2) is 17.8 Å². The molecule has 2 aromatic carbocycles. The Morgan fingerprint density at radius 1 is 0.938 bits per heavy atom. The lowest BCUT2D eigenvalue weighted by Gasteiger charge is -2.19. The minimum Gasteiger partial charge on any atom is -0.220 e. The van der Waals surface area contributed by atoms with Crippen LogP contribution in [0.25, 0.3) is 11.1 Å². The van der Waals surface area contributed by atoms with E-state index in [2.05, 4.69) is 86.0 Å². The number of hydrogen-bond donors (Lipinski definition) is 1. The molecule has 1 N–H and O–H groups in total. The van der Waals surface area contributed by atoms with Gasteiger partial charge in [-0.05, 0) is 41.0 Å². The molecule has 0 aromatic heterocycles. The molecule has 1 unspecified atom stereocenters. The molecular weight excluding hydrogens is 412 g/mol. The fraction of sp³-hybridized carbons (Fsp3) is 0.556. The van der Waals surface area contributed by atoms with Crippen LogP contribution in [0.2, 0.25) is 0 Å². The van der Waals surface area contributed by atoms with Crippen LogP contribution in [0.3, 0.4) is 0 Å². The van der Waals surface area contributed by atoms with E-state index in [1.165, 1.54) is 52.8 Å². The number of unbranched alkanes of at least 4 members (excludes halogenated alkanes) is 3. The van der Waals surface area contributed by atoms with Gasteiger partial charge in [-0.2, -0.15) is 5.01 Å². The predicted octanol–water partition coefficient (Wildman–Crippen LogP) is 9.23. The van der Waals surface area contributed by atoms with Crippen molar-refractivity contribution in [2.75, 3.05) is 12.8 Å². The lowest BCUT2D eigenvalue weighted by Crippen LogP contribution is -2.27. The second-order valence-corrected chi connectivity index (χ2v) is 8.32. The minimum absolute atomic E-state index is 0.0558. The molecule has 32 heavy (non-hydrogen) atoms. The van der Waals surface area contributed by atoms with Crippen molar-refractivity contribution in [1.82, 2.24) is 10.5 Å². The Balaban J connectivity index is 0.000000824. The van der Waals surface area contributed by atoms with E-state index in [1.807, 2.05) is 51.5 Å². The molecule has 2 aromatic rings. The number of hydrogen-bond acceptors (Lipinski definition) is 5. The van der Waals surface area contributed by atoms with E-state index in [1.54, 1.807) is 0 Å². The normalized spacial score (nSPS) is 14.2. The maximum Gasteiger partial charge on any atom is 0.168 e. The van der Waals surface area contributed by atoms with Crippen molar-refractivity contribution in [3.8, 4) is 11.1 Å². The van der Waals surface area contributed by atoms with Crippen LogP contribution in [0.15, 0.2) is 57.7 Å². The smallest absolute Gasteiger partial charge is 0.168 e. The van der Waals surface area contributed by atoms with Gasteiger partial charge in [0, 0.05) is 11.9 Å². The maximum absolute atomic E-state index is 4.26. The van der Waals surface area contributed by atoms with Crippen molar-refractivity contribution >= 4 is 11.8 Å². The zero-order chi connectivity index (χ0) is 24.4. The molecule has 5 heteroatoms. The van der Waals surface area contributed by atoms with Gasteiger partial charge >= 0.3 is 0 Å². The molecule has 0 amide bonds. The first-order valence-corrected chi connectivity index (χ1v) is 13.3. The first-order chi connectivity index (χ1) is 15.6. The van der Waals surface area contributed by atoms with Crippen LogP contribution in [0, 0.1) is 6.92 Å². The Hall–Kier alpha value is -1.85. The minimum atomic E-state index is -0.0558. The van der Waals surface area contributed by atoms with Gasteiger partial charge in [-0.25, -0.2) is 5.53 Å². The van der Waals surface area contributed by atoms with Crippen molar-refractivity contribution in [1.29, 1.82) is 0 Å². The fourth-order valence-electron chi connectivity index (χ4n) is 3.25. The summed E-state index contributed by atoms with van der Waals surface area (Å²) in [5.74, 6) is 1.04. The zero-order valence-electron chi connectivity index (χ0n) is 21.9. The van der Waals surface area contributed by atoms with Gasteiger partial charge in [0.1, 0.15) is 0 Å². The van der Waals surface area contributed by atoms with Crippen LogP contribution in [0.5, 0.6) is 0 Å². The summed E-state index contributed by atoms with van der Waals surface area (Å²) < 4.78 is 0. The molecule has 4 nitrogen and oxygen atoms in total. The average Bonchev–Trinajstić information content (AvgIpc) is 3.27. The number of rotatable bonds is 7. The Morgan fingerprint density at radius 3 is 2.00 bits per heavy atom. The molecule has 0 spiro atoms. The van der Waals surface area contributed by atoms with E-state index in [0.717, 1.165) is 5.75 Å². The van der Waals surface area contributed by atoms with Crippen molar-refractivity contribution in [2.45, 2.75) is 92.1 Å². The molecule has 180 valence electrons. The molecule has 0 saturated carbocycles. The third kappa shape index (κ3) is 9.74. The maximum atomic E-state index is 4.26. The average molecular weight is 459 g/mol. The fourth-order valence-corrected chi connectivity index (χ4v) is 4.20. The molecular formula is C27H46N4S. The summed E-state index contributed by atoms with van der Waals surface area (Å²) in [5.41, 5.74) is 7.90. The number of hydrazine groups is 1. The molecule has 0 aliphatic carbocycles. The standard InChI is InChI=1S/C17H20N4S.C6H14.2C2H6/c1-4-22-15-11-14(17-18-19-20-21(17)3)10-12(2)16(15)13-8-6-5-7-9-13;1-3-5-6-4-2;2*1-2/h5-11,17H,4H2,1-3H3,(H,18,20);3-6H2,1-2H3;2*1-2H3. The summed E-state index contributed by atoms with van der Waals surface area (Å²) in [7, 11) is 1.96. The highest BCUT2D eigenvalue weighted by molar-refractivity contribution is 7.99. The third-order valence-corrected chi connectivity index (χ3v) is 5.60. The van der Waals surface area contributed by atoms with Crippen LogP contribution in [0.1, 0.15) is 91.4 Å². The summed E-state index contributed by atoms with van der Waals surface area (Å²) in [5, 5.41) is 10.1. The largest absolute Gasteiger partial charge is 0.220 e. The second kappa shape index (κ2) is 18.7. The number of benzene rings is 2. The Bertz CT molecular complexity index is 743. The van der Waals surface area contributed by atoms with Gasteiger partial charge in [-0.15, -0.1) is 16.9 Å². The molecule has 0 radical (unpaired) electrons. The van der Waals surface area contributed by atoms with E-state index in [9.17, 15) is 0 Å². The quantitative estimate of drug-likeness (QED) is 0.332.